The highest BCUT2D eigenvalue weighted by Gasteiger charge is 2.07. The number of nitrogens with one attached hydrogen (secondary N) is 1. The van der Waals surface area contributed by atoms with Gasteiger partial charge >= 0.3 is 0 Å². The zero-order chi connectivity index (χ0) is 14.4. The van der Waals surface area contributed by atoms with Crippen molar-refractivity contribution in [3.8, 4) is 17.3 Å². The van der Waals surface area contributed by atoms with Gasteiger partial charge < -0.3 is 10.1 Å². The van der Waals surface area contributed by atoms with E-state index in [0.29, 0.717) is 24.2 Å². The molecule has 106 valence electrons. The van der Waals surface area contributed by atoms with Gasteiger partial charge in [0.15, 0.2) is 5.82 Å². The van der Waals surface area contributed by atoms with Crippen molar-refractivity contribution in [1.82, 2.24) is 9.97 Å². The first-order valence-corrected chi connectivity index (χ1v) is 6.94. The lowest BCUT2D eigenvalue weighted by molar-refractivity contribution is 0.279. The number of hydrogen-bond donors (Lipinski definition) is 1. The van der Waals surface area contributed by atoms with Crippen molar-refractivity contribution in [2.75, 3.05) is 19.0 Å². The van der Waals surface area contributed by atoms with Crippen LogP contribution in [0.5, 0.6) is 5.88 Å². The van der Waals surface area contributed by atoms with Crippen molar-refractivity contribution in [3.05, 3.63) is 36.4 Å². The SMILES string of the molecule is CNc1cc(OCCC(C)C)nc(-c2ccccc2)n1. The molecule has 0 aliphatic rings. The second kappa shape index (κ2) is 6.89. The zero-order valence-electron chi connectivity index (χ0n) is 12.3. The smallest absolute Gasteiger partial charge is 0.219 e. The molecule has 0 saturated carbocycles. The van der Waals surface area contributed by atoms with Crippen LogP contribution in [0.3, 0.4) is 0 Å². The minimum atomic E-state index is 0.615. The van der Waals surface area contributed by atoms with E-state index < -0.39 is 0 Å². The Morgan fingerprint density at radius 3 is 2.55 bits per heavy atom. The number of nitrogens with zero attached hydrogens (tertiary/aromatic N) is 2. The van der Waals surface area contributed by atoms with E-state index in [1.807, 2.05) is 43.4 Å². The molecule has 0 unspecified atom stereocenters. The highest BCUT2D eigenvalue weighted by Crippen LogP contribution is 2.21. The van der Waals surface area contributed by atoms with Gasteiger partial charge in [-0.15, -0.1) is 0 Å². The van der Waals surface area contributed by atoms with Crippen molar-refractivity contribution >= 4 is 5.82 Å². The molecular weight excluding hydrogens is 250 g/mol. The van der Waals surface area contributed by atoms with Crippen LogP contribution >= 0.6 is 0 Å². The Labute approximate surface area is 120 Å². The molecule has 0 aliphatic heterocycles. The quantitative estimate of drug-likeness (QED) is 0.872. The van der Waals surface area contributed by atoms with Crippen LogP contribution in [-0.2, 0) is 0 Å². The Hall–Kier alpha value is -2.10. The largest absolute Gasteiger partial charge is 0.478 e. The summed E-state index contributed by atoms with van der Waals surface area (Å²) in [5.74, 6) is 2.67. The normalized spacial score (nSPS) is 10.6. The summed E-state index contributed by atoms with van der Waals surface area (Å²) >= 11 is 0. The first kappa shape index (κ1) is 14.3. The molecule has 0 amide bonds. The molecule has 0 aliphatic carbocycles. The van der Waals surface area contributed by atoms with E-state index in [0.717, 1.165) is 17.8 Å². The third-order valence-electron chi connectivity index (χ3n) is 2.94. The van der Waals surface area contributed by atoms with Crippen molar-refractivity contribution in [2.45, 2.75) is 20.3 Å². The van der Waals surface area contributed by atoms with E-state index >= 15 is 0 Å². The van der Waals surface area contributed by atoms with Gasteiger partial charge in [-0.05, 0) is 12.3 Å². The summed E-state index contributed by atoms with van der Waals surface area (Å²) in [5, 5.41) is 3.05. The highest BCUT2D eigenvalue weighted by molar-refractivity contribution is 5.58. The van der Waals surface area contributed by atoms with Gasteiger partial charge in [0.25, 0.3) is 0 Å². The molecule has 2 rings (SSSR count). The Kier molecular flexibility index (Phi) is 4.93. The van der Waals surface area contributed by atoms with Crippen molar-refractivity contribution in [1.29, 1.82) is 0 Å². The van der Waals surface area contributed by atoms with Crippen molar-refractivity contribution in [2.24, 2.45) is 5.92 Å². The van der Waals surface area contributed by atoms with Gasteiger partial charge in [-0.2, -0.15) is 4.98 Å². The highest BCUT2D eigenvalue weighted by atomic mass is 16.5. The Morgan fingerprint density at radius 2 is 1.90 bits per heavy atom. The van der Waals surface area contributed by atoms with Crippen LogP contribution in [0.1, 0.15) is 20.3 Å². The number of anilines is 1. The first-order chi connectivity index (χ1) is 9.69. The van der Waals surface area contributed by atoms with E-state index in [4.69, 9.17) is 4.74 Å². The van der Waals surface area contributed by atoms with Crippen LogP contribution in [0.2, 0.25) is 0 Å². The molecule has 1 N–H and O–H groups in total. The molecule has 0 fully saturated rings. The van der Waals surface area contributed by atoms with Crippen molar-refractivity contribution in [3.63, 3.8) is 0 Å². The molecule has 0 atom stereocenters. The summed E-state index contributed by atoms with van der Waals surface area (Å²) in [6.07, 6.45) is 1.01. The topological polar surface area (TPSA) is 47.0 Å². The summed E-state index contributed by atoms with van der Waals surface area (Å²) in [4.78, 5) is 8.94. The molecule has 0 bridgehead atoms. The number of rotatable bonds is 6. The summed E-state index contributed by atoms with van der Waals surface area (Å²) in [6, 6.07) is 11.7. The fraction of sp³-hybridized carbons (Fsp3) is 0.375. The molecule has 1 heterocycles. The van der Waals surface area contributed by atoms with Gasteiger partial charge in [0, 0.05) is 18.7 Å². The lowest BCUT2D eigenvalue weighted by Crippen LogP contribution is -2.05. The standard InChI is InChI=1S/C16H21N3O/c1-12(2)9-10-20-15-11-14(17-3)18-16(19-15)13-7-5-4-6-8-13/h4-8,11-12H,9-10H2,1-3H3,(H,17,18,19). The summed E-state index contributed by atoms with van der Waals surface area (Å²) in [6.45, 7) is 5.03. The average molecular weight is 271 g/mol. The van der Waals surface area contributed by atoms with Gasteiger partial charge in [-0.1, -0.05) is 44.2 Å². The van der Waals surface area contributed by atoms with Gasteiger partial charge in [-0.25, -0.2) is 4.98 Å². The Balaban J connectivity index is 2.20. The van der Waals surface area contributed by atoms with Crippen LogP contribution in [0, 0.1) is 5.92 Å². The molecule has 0 spiro atoms. The van der Waals surface area contributed by atoms with Gasteiger partial charge in [0.05, 0.1) is 6.61 Å². The monoisotopic (exact) mass is 271 g/mol. The lowest BCUT2D eigenvalue weighted by Gasteiger charge is -2.10. The fourth-order valence-corrected chi connectivity index (χ4v) is 1.74. The second-order valence-electron chi connectivity index (χ2n) is 5.06. The minimum Gasteiger partial charge on any atom is -0.478 e. The zero-order valence-corrected chi connectivity index (χ0v) is 12.3. The summed E-state index contributed by atoms with van der Waals surface area (Å²) < 4.78 is 5.73. The van der Waals surface area contributed by atoms with Crippen LogP contribution in [0.25, 0.3) is 11.4 Å². The third kappa shape index (κ3) is 3.95. The molecule has 1 aromatic carbocycles. The van der Waals surface area contributed by atoms with E-state index in [1.54, 1.807) is 0 Å². The Morgan fingerprint density at radius 1 is 1.15 bits per heavy atom. The maximum Gasteiger partial charge on any atom is 0.219 e. The van der Waals surface area contributed by atoms with Crippen LogP contribution in [0.4, 0.5) is 5.82 Å². The molecular formula is C16H21N3O. The molecule has 4 heteroatoms. The van der Waals surface area contributed by atoms with E-state index in [2.05, 4.69) is 29.1 Å². The molecule has 4 nitrogen and oxygen atoms in total. The third-order valence-corrected chi connectivity index (χ3v) is 2.94. The minimum absolute atomic E-state index is 0.615. The van der Waals surface area contributed by atoms with E-state index in [1.165, 1.54) is 0 Å². The predicted molar refractivity (Wildman–Crippen MR) is 82.0 cm³/mol. The van der Waals surface area contributed by atoms with Gasteiger partial charge in [-0.3, -0.25) is 0 Å². The maximum atomic E-state index is 5.73. The average Bonchev–Trinajstić information content (AvgIpc) is 2.47. The van der Waals surface area contributed by atoms with Crippen LogP contribution in [-0.4, -0.2) is 23.6 Å². The summed E-state index contributed by atoms with van der Waals surface area (Å²) in [7, 11) is 1.84. The van der Waals surface area contributed by atoms with Gasteiger partial charge in [0.2, 0.25) is 5.88 Å². The van der Waals surface area contributed by atoms with Gasteiger partial charge in [0.1, 0.15) is 5.82 Å². The molecule has 0 radical (unpaired) electrons. The second-order valence-corrected chi connectivity index (χ2v) is 5.06. The number of hydrogen-bond acceptors (Lipinski definition) is 4. The molecule has 1 aromatic heterocycles. The Bertz CT molecular complexity index is 541. The number of aromatic nitrogens is 2. The molecule has 2 aromatic rings. The lowest BCUT2D eigenvalue weighted by atomic mass is 10.1. The van der Waals surface area contributed by atoms with Crippen LogP contribution in [0.15, 0.2) is 36.4 Å². The first-order valence-electron chi connectivity index (χ1n) is 6.94. The molecule has 20 heavy (non-hydrogen) atoms. The maximum absolute atomic E-state index is 5.73. The number of ether oxygens (including phenoxy) is 1. The number of benzene rings is 1. The fourth-order valence-electron chi connectivity index (χ4n) is 1.74. The summed E-state index contributed by atoms with van der Waals surface area (Å²) in [5.41, 5.74) is 0.985. The van der Waals surface area contributed by atoms with Crippen molar-refractivity contribution < 1.29 is 4.74 Å². The molecule has 0 saturated heterocycles. The predicted octanol–water partition coefficient (Wildman–Crippen LogP) is 3.61. The van der Waals surface area contributed by atoms with E-state index in [-0.39, 0.29) is 0 Å². The van der Waals surface area contributed by atoms with Crippen LogP contribution < -0.4 is 10.1 Å². The van der Waals surface area contributed by atoms with E-state index in [9.17, 15) is 0 Å².